The number of hydrogen-bond donors (Lipinski definition) is 3. The maximum Gasteiger partial charge on any atom is 0.229 e. The van der Waals surface area contributed by atoms with Gasteiger partial charge in [0.05, 0.1) is 11.9 Å². The van der Waals surface area contributed by atoms with Crippen molar-refractivity contribution in [2.24, 2.45) is 5.92 Å². The van der Waals surface area contributed by atoms with Crippen molar-refractivity contribution in [2.75, 3.05) is 29.9 Å². The van der Waals surface area contributed by atoms with E-state index in [1.165, 1.54) is 12.1 Å². The number of anilines is 2. The van der Waals surface area contributed by atoms with Crippen LogP contribution in [0.15, 0.2) is 18.2 Å². The molecule has 0 spiro atoms. The lowest BCUT2D eigenvalue weighted by Crippen LogP contribution is -2.28. The number of carbonyl (C=O) groups is 1. The van der Waals surface area contributed by atoms with Crippen LogP contribution < -0.4 is 15.4 Å². The van der Waals surface area contributed by atoms with Crippen LogP contribution in [0.5, 0.6) is 0 Å². The summed E-state index contributed by atoms with van der Waals surface area (Å²) in [6.07, 6.45) is 0.923. The Kier molecular flexibility index (Phi) is 5.46. The lowest BCUT2D eigenvalue weighted by Gasteiger charge is -2.13. The van der Waals surface area contributed by atoms with Crippen molar-refractivity contribution in [3.63, 3.8) is 0 Å². The van der Waals surface area contributed by atoms with Gasteiger partial charge in [-0.1, -0.05) is 6.92 Å². The van der Waals surface area contributed by atoms with Gasteiger partial charge in [-0.15, -0.1) is 0 Å². The van der Waals surface area contributed by atoms with Crippen molar-refractivity contribution < 1.29 is 17.6 Å². The fraction of sp³-hybridized carbons (Fsp3) is 0.417. The highest BCUT2D eigenvalue weighted by atomic mass is 32.2. The molecule has 3 N–H and O–H groups in total. The minimum Gasteiger partial charge on any atom is -0.326 e. The molecule has 1 aromatic rings. The quantitative estimate of drug-likeness (QED) is 0.731. The van der Waals surface area contributed by atoms with E-state index in [0.29, 0.717) is 12.2 Å². The van der Waals surface area contributed by atoms with Crippen molar-refractivity contribution in [3.05, 3.63) is 24.0 Å². The average molecular weight is 303 g/mol. The van der Waals surface area contributed by atoms with E-state index in [9.17, 15) is 17.6 Å². The van der Waals surface area contributed by atoms with Crippen LogP contribution in [0.3, 0.4) is 0 Å². The Morgan fingerprint density at radius 3 is 2.60 bits per heavy atom. The second-order valence-corrected chi connectivity index (χ2v) is 6.27. The standard InChI is InChI=1S/C12H18FN3O3S/c1-8(7-14-2)12(17)15-9-4-5-10(13)11(6-9)16-20(3,18)19/h4-6,8,14,16H,7H2,1-3H3,(H,15,17). The summed E-state index contributed by atoms with van der Waals surface area (Å²) in [4.78, 5) is 11.8. The fourth-order valence-electron chi connectivity index (χ4n) is 1.55. The summed E-state index contributed by atoms with van der Waals surface area (Å²) in [6, 6.07) is 3.69. The monoisotopic (exact) mass is 303 g/mol. The van der Waals surface area contributed by atoms with Gasteiger partial charge in [-0.05, 0) is 25.2 Å². The van der Waals surface area contributed by atoms with Crippen LogP contribution in [0.25, 0.3) is 0 Å². The number of hydrogen-bond acceptors (Lipinski definition) is 4. The summed E-state index contributed by atoms with van der Waals surface area (Å²) >= 11 is 0. The number of nitrogens with one attached hydrogen (secondary N) is 3. The van der Waals surface area contributed by atoms with Gasteiger partial charge in [-0.2, -0.15) is 0 Å². The molecule has 1 unspecified atom stereocenters. The Balaban J connectivity index is 2.87. The van der Waals surface area contributed by atoms with Gasteiger partial charge < -0.3 is 10.6 Å². The van der Waals surface area contributed by atoms with Crippen molar-refractivity contribution in [3.8, 4) is 0 Å². The van der Waals surface area contributed by atoms with E-state index in [1.807, 2.05) is 0 Å². The summed E-state index contributed by atoms with van der Waals surface area (Å²) in [5.41, 5.74) is 0.122. The molecule has 0 radical (unpaired) electrons. The number of rotatable bonds is 6. The molecule has 0 aromatic heterocycles. The molecule has 0 fully saturated rings. The van der Waals surface area contributed by atoms with E-state index >= 15 is 0 Å². The molecular weight excluding hydrogens is 285 g/mol. The third-order valence-electron chi connectivity index (χ3n) is 2.49. The summed E-state index contributed by atoms with van der Waals surface area (Å²) in [5, 5.41) is 5.47. The van der Waals surface area contributed by atoms with E-state index in [4.69, 9.17) is 0 Å². The van der Waals surface area contributed by atoms with Gasteiger partial charge in [0.1, 0.15) is 5.82 Å². The van der Waals surface area contributed by atoms with Gasteiger partial charge >= 0.3 is 0 Å². The topological polar surface area (TPSA) is 87.3 Å². The highest BCUT2D eigenvalue weighted by Crippen LogP contribution is 2.21. The molecule has 20 heavy (non-hydrogen) atoms. The maximum atomic E-state index is 13.5. The molecule has 0 aliphatic heterocycles. The van der Waals surface area contributed by atoms with Crippen molar-refractivity contribution >= 4 is 27.3 Å². The highest BCUT2D eigenvalue weighted by Gasteiger charge is 2.14. The first kappa shape index (κ1) is 16.4. The van der Waals surface area contributed by atoms with E-state index in [1.54, 1.807) is 14.0 Å². The minimum absolute atomic E-state index is 0.202. The highest BCUT2D eigenvalue weighted by molar-refractivity contribution is 7.92. The minimum atomic E-state index is -3.58. The lowest BCUT2D eigenvalue weighted by atomic mass is 10.1. The van der Waals surface area contributed by atoms with E-state index in [0.717, 1.165) is 12.3 Å². The first-order valence-electron chi connectivity index (χ1n) is 5.95. The molecule has 1 amide bonds. The molecule has 1 aromatic carbocycles. The van der Waals surface area contributed by atoms with Gasteiger partial charge in [0.2, 0.25) is 15.9 Å². The summed E-state index contributed by atoms with van der Waals surface area (Å²) in [7, 11) is -1.85. The molecule has 0 saturated heterocycles. The Hall–Kier alpha value is -1.67. The van der Waals surface area contributed by atoms with E-state index < -0.39 is 15.8 Å². The molecule has 1 rings (SSSR count). The number of carbonyl (C=O) groups excluding carboxylic acids is 1. The fourth-order valence-corrected chi connectivity index (χ4v) is 2.10. The molecule has 1 atom stereocenters. The van der Waals surface area contributed by atoms with Crippen LogP contribution in [0, 0.1) is 11.7 Å². The SMILES string of the molecule is CNCC(C)C(=O)Nc1ccc(F)c(NS(C)(=O)=O)c1. The number of halogens is 1. The Bertz CT molecular complexity index is 590. The Labute approximate surface area is 117 Å². The first-order valence-corrected chi connectivity index (χ1v) is 7.85. The molecule has 0 saturated carbocycles. The maximum absolute atomic E-state index is 13.5. The number of amides is 1. The Morgan fingerprint density at radius 2 is 2.05 bits per heavy atom. The molecule has 112 valence electrons. The average Bonchev–Trinajstić information content (AvgIpc) is 2.32. The van der Waals surface area contributed by atoms with Crippen LogP contribution >= 0.6 is 0 Å². The van der Waals surface area contributed by atoms with E-state index in [2.05, 4.69) is 15.4 Å². The molecule has 0 heterocycles. The normalized spacial score (nSPS) is 12.8. The lowest BCUT2D eigenvalue weighted by molar-refractivity contribution is -0.119. The third kappa shape index (κ3) is 5.14. The zero-order valence-electron chi connectivity index (χ0n) is 11.5. The van der Waals surface area contributed by atoms with Crippen LogP contribution in [0.1, 0.15) is 6.92 Å². The molecule has 6 nitrogen and oxygen atoms in total. The molecule has 0 aliphatic carbocycles. The molecule has 0 bridgehead atoms. The predicted octanol–water partition coefficient (Wildman–Crippen LogP) is 0.991. The third-order valence-corrected chi connectivity index (χ3v) is 3.08. The van der Waals surface area contributed by atoms with Gasteiger partial charge in [0, 0.05) is 18.2 Å². The molecule has 0 aliphatic rings. The van der Waals surface area contributed by atoms with Crippen molar-refractivity contribution in [1.29, 1.82) is 0 Å². The smallest absolute Gasteiger partial charge is 0.229 e. The summed E-state index contributed by atoms with van der Waals surface area (Å²) < 4.78 is 37.7. The summed E-state index contributed by atoms with van der Waals surface area (Å²) in [5.74, 6) is -1.22. The first-order chi connectivity index (χ1) is 9.23. The summed E-state index contributed by atoms with van der Waals surface area (Å²) in [6.45, 7) is 2.24. The molecular formula is C12H18FN3O3S. The number of sulfonamides is 1. The van der Waals surface area contributed by atoms with Crippen LogP contribution in [0.4, 0.5) is 15.8 Å². The zero-order chi connectivity index (χ0) is 15.3. The van der Waals surface area contributed by atoms with E-state index in [-0.39, 0.29) is 17.5 Å². The molecule has 8 heteroatoms. The zero-order valence-corrected chi connectivity index (χ0v) is 12.3. The van der Waals surface area contributed by atoms with Crippen molar-refractivity contribution in [1.82, 2.24) is 5.32 Å². The van der Waals surface area contributed by atoms with Gasteiger partial charge in [-0.25, -0.2) is 12.8 Å². The van der Waals surface area contributed by atoms with Crippen LogP contribution in [0.2, 0.25) is 0 Å². The van der Waals surface area contributed by atoms with Gasteiger partial charge in [0.25, 0.3) is 0 Å². The second kappa shape index (κ2) is 6.67. The second-order valence-electron chi connectivity index (χ2n) is 4.52. The largest absolute Gasteiger partial charge is 0.326 e. The van der Waals surface area contributed by atoms with Crippen LogP contribution in [-0.4, -0.2) is 34.2 Å². The Morgan fingerprint density at radius 1 is 1.40 bits per heavy atom. The number of benzene rings is 1. The van der Waals surface area contributed by atoms with Gasteiger partial charge in [-0.3, -0.25) is 9.52 Å². The predicted molar refractivity (Wildman–Crippen MR) is 76.6 cm³/mol. The van der Waals surface area contributed by atoms with Crippen molar-refractivity contribution in [2.45, 2.75) is 6.92 Å². The van der Waals surface area contributed by atoms with Gasteiger partial charge in [0.15, 0.2) is 0 Å². The van der Waals surface area contributed by atoms with Crippen LogP contribution in [-0.2, 0) is 14.8 Å².